The fraction of sp³-hybridized carbons (Fsp3) is 0.529. The zero-order valence-corrected chi connectivity index (χ0v) is 16.1. The topological polar surface area (TPSA) is 85.9 Å². The fourth-order valence-electron chi connectivity index (χ4n) is 1.79. The first-order valence-electron chi connectivity index (χ1n) is 7.81. The van der Waals surface area contributed by atoms with Gasteiger partial charge in [-0.15, -0.1) is 0 Å². The highest BCUT2D eigenvalue weighted by molar-refractivity contribution is 7.99. The molecule has 0 bridgehead atoms. The molecule has 0 saturated heterocycles. The molecule has 7 nitrogen and oxygen atoms in total. The zero-order chi connectivity index (χ0) is 18.9. The summed E-state index contributed by atoms with van der Waals surface area (Å²) in [5.74, 6) is 1.91. The third-order valence-corrected chi connectivity index (χ3v) is 3.79. The van der Waals surface area contributed by atoms with E-state index < -0.39 is 11.7 Å². The number of hydrogen-bond donors (Lipinski definition) is 2. The number of nitrogens with one attached hydrogen (secondary N) is 2. The van der Waals surface area contributed by atoms with Crippen LogP contribution in [0.1, 0.15) is 20.8 Å². The Kier molecular flexibility index (Phi) is 8.40. The minimum Gasteiger partial charge on any atom is -0.497 e. The van der Waals surface area contributed by atoms with E-state index in [1.165, 1.54) is 18.9 Å². The van der Waals surface area contributed by atoms with Gasteiger partial charge in [0.2, 0.25) is 5.91 Å². The Balaban J connectivity index is 2.31. The van der Waals surface area contributed by atoms with E-state index in [0.29, 0.717) is 29.5 Å². The predicted molar refractivity (Wildman–Crippen MR) is 99.7 cm³/mol. The molecule has 8 heteroatoms. The smallest absolute Gasteiger partial charge is 0.407 e. The molecule has 1 rings (SSSR count). The van der Waals surface area contributed by atoms with Gasteiger partial charge in [-0.3, -0.25) is 4.79 Å². The van der Waals surface area contributed by atoms with Crippen LogP contribution < -0.4 is 20.1 Å². The number of methoxy groups -OCH3 is 2. The number of thioether (sulfide) groups is 1. The van der Waals surface area contributed by atoms with Crippen LogP contribution in [0, 0.1) is 0 Å². The van der Waals surface area contributed by atoms with Gasteiger partial charge < -0.3 is 24.8 Å². The maximum atomic E-state index is 12.0. The Morgan fingerprint density at radius 1 is 1.16 bits per heavy atom. The molecule has 0 aliphatic heterocycles. The van der Waals surface area contributed by atoms with Gasteiger partial charge in [0, 0.05) is 18.4 Å². The molecule has 0 radical (unpaired) electrons. The summed E-state index contributed by atoms with van der Waals surface area (Å²) in [7, 11) is 3.09. The van der Waals surface area contributed by atoms with Gasteiger partial charge in [-0.2, -0.15) is 11.8 Å². The second-order valence-corrected chi connectivity index (χ2v) is 7.20. The summed E-state index contributed by atoms with van der Waals surface area (Å²) in [6.07, 6.45) is -0.458. The van der Waals surface area contributed by atoms with Gasteiger partial charge in [0.15, 0.2) is 0 Å². The van der Waals surface area contributed by atoms with E-state index in [0.717, 1.165) is 0 Å². The van der Waals surface area contributed by atoms with Crippen molar-refractivity contribution in [1.82, 2.24) is 5.32 Å². The molecule has 1 aromatic carbocycles. The summed E-state index contributed by atoms with van der Waals surface area (Å²) in [6.45, 7) is 5.84. The average molecular weight is 370 g/mol. The summed E-state index contributed by atoms with van der Waals surface area (Å²) in [6, 6.07) is 5.17. The number of ether oxygens (including phenoxy) is 3. The van der Waals surface area contributed by atoms with Crippen LogP contribution in [-0.2, 0) is 9.53 Å². The van der Waals surface area contributed by atoms with Crippen molar-refractivity contribution in [3.8, 4) is 11.5 Å². The molecule has 0 atom stereocenters. The molecule has 0 heterocycles. The molecule has 0 spiro atoms. The van der Waals surface area contributed by atoms with Gasteiger partial charge in [-0.05, 0) is 32.9 Å². The van der Waals surface area contributed by atoms with Crippen molar-refractivity contribution in [2.24, 2.45) is 0 Å². The monoisotopic (exact) mass is 370 g/mol. The lowest BCUT2D eigenvalue weighted by molar-refractivity contribution is -0.113. The first-order valence-corrected chi connectivity index (χ1v) is 8.97. The SMILES string of the molecule is COc1ccc(NC(=O)CSCCNC(=O)OC(C)(C)C)c(OC)c1. The number of rotatable bonds is 8. The quantitative estimate of drug-likeness (QED) is 0.685. The van der Waals surface area contributed by atoms with E-state index in [1.807, 2.05) is 0 Å². The highest BCUT2D eigenvalue weighted by Gasteiger charge is 2.15. The number of carbonyl (C=O) groups excluding carboxylic acids is 2. The zero-order valence-electron chi connectivity index (χ0n) is 15.3. The fourth-order valence-corrected chi connectivity index (χ4v) is 2.44. The van der Waals surface area contributed by atoms with Crippen LogP contribution in [0.25, 0.3) is 0 Å². The second kappa shape index (κ2) is 10.0. The van der Waals surface area contributed by atoms with E-state index in [1.54, 1.807) is 46.1 Å². The van der Waals surface area contributed by atoms with Crippen LogP contribution >= 0.6 is 11.8 Å². The molecule has 0 aliphatic carbocycles. The van der Waals surface area contributed by atoms with Gasteiger partial charge in [-0.25, -0.2) is 4.79 Å². The lowest BCUT2D eigenvalue weighted by Gasteiger charge is -2.19. The Morgan fingerprint density at radius 2 is 1.88 bits per heavy atom. The van der Waals surface area contributed by atoms with Crippen molar-refractivity contribution in [2.75, 3.05) is 37.6 Å². The molecular formula is C17H26N2O5S. The number of carbonyl (C=O) groups is 2. The van der Waals surface area contributed by atoms with Crippen LogP contribution in [-0.4, -0.2) is 49.9 Å². The minimum atomic E-state index is -0.519. The van der Waals surface area contributed by atoms with Crippen LogP contribution in [0.5, 0.6) is 11.5 Å². The molecule has 0 aromatic heterocycles. The van der Waals surface area contributed by atoms with Crippen LogP contribution in [0.3, 0.4) is 0 Å². The molecule has 25 heavy (non-hydrogen) atoms. The van der Waals surface area contributed by atoms with E-state index in [-0.39, 0.29) is 11.7 Å². The molecule has 1 aromatic rings. The van der Waals surface area contributed by atoms with Crippen LogP contribution in [0.2, 0.25) is 0 Å². The maximum absolute atomic E-state index is 12.0. The Hall–Kier alpha value is -2.09. The van der Waals surface area contributed by atoms with Crippen LogP contribution in [0.15, 0.2) is 18.2 Å². The van der Waals surface area contributed by atoms with Crippen molar-refractivity contribution in [3.05, 3.63) is 18.2 Å². The van der Waals surface area contributed by atoms with Crippen molar-refractivity contribution in [1.29, 1.82) is 0 Å². The highest BCUT2D eigenvalue weighted by atomic mass is 32.2. The lowest BCUT2D eigenvalue weighted by Crippen LogP contribution is -2.33. The van der Waals surface area contributed by atoms with Crippen molar-refractivity contribution in [3.63, 3.8) is 0 Å². The van der Waals surface area contributed by atoms with Gasteiger partial charge in [0.05, 0.1) is 25.7 Å². The van der Waals surface area contributed by atoms with Gasteiger partial charge in [0.1, 0.15) is 17.1 Å². The summed E-state index contributed by atoms with van der Waals surface area (Å²) < 4.78 is 15.5. The molecule has 2 amide bonds. The van der Waals surface area contributed by atoms with Crippen LogP contribution in [0.4, 0.5) is 10.5 Å². The van der Waals surface area contributed by atoms with E-state index in [4.69, 9.17) is 14.2 Å². The largest absolute Gasteiger partial charge is 0.497 e. The predicted octanol–water partition coefficient (Wildman–Crippen LogP) is 2.90. The van der Waals surface area contributed by atoms with Gasteiger partial charge in [0.25, 0.3) is 0 Å². The third kappa shape index (κ3) is 8.53. The third-order valence-electron chi connectivity index (χ3n) is 2.83. The first-order chi connectivity index (χ1) is 11.7. The number of anilines is 1. The summed E-state index contributed by atoms with van der Waals surface area (Å²) in [5, 5.41) is 5.44. The molecule has 0 saturated carbocycles. The minimum absolute atomic E-state index is 0.147. The molecule has 0 unspecified atom stereocenters. The Labute approximate surface area is 152 Å². The summed E-state index contributed by atoms with van der Waals surface area (Å²) >= 11 is 1.41. The number of benzene rings is 1. The number of alkyl carbamates (subject to hydrolysis) is 1. The van der Waals surface area contributed by atoms with Gasteiger partial charge in [-0.1, -0.05) is 0 Å². The normalized spacial score (nSPS) is 10.8. The average Bonchev–Trinajstić information content (AvgIpc) is 2.53. The standard InChI is InChI=1S/C17H26N2O5S/c1-17(2,3)24-16(21)18-8-9-25-11-15(20)19-13-7-6-12(22-4)10-14(13)23-5/h6-7,10H,8-9,11H2,1-5H3,(H,18,21)(H,19,20). The number of hydrogen-bond acceptors (Lipinski definition) is 6. The first kappa shape index (κ1) is 21.0. The van der Waals surface area contributed by atoms with Crippen molar-refractivity contribution >= 4 is 29.4 Å². The van der Waals surface area contributed by atoms with Crippen molar-refractivity contribution < 1.29 is 23.8 Å². The molecular weight excluding hydrogens is 344 g/mol. The second-order valence-electron chi connectivity index (χ2n) is 6.10. The maximum Gasteiger partial charge on any atom is 0.407 e. The Morgan fingerprint density at radius 3 is 2.48 bits per heavy atom. The van der Waals surface area contributed by atoms with Gasteiger partial charge >= 0.3 is 6.09 Å². The van der Waals surface area contributed by atoms with E-state index in [9.17, 15) is 9.59 Å². The molecule has 2 N–H and O–H groups in total. The lowest BCUT2D eigenvalue weighted by atomic mass is 10.2. The van der Waals surface area contributed by atoms with Crippen molar-refractivity contribution in [2.45, 2.75) is 26.4 Å². The molecule has 0 fully saturated rings. The molecule has 140 valence electrons. The highest BCUT2D eigenvalue weighted by Crippen LogP contribution is 2.29. The summed E-state index contributed by atoms with van der Waals surface area (Å²) in [4.78, 5) is 23.5. The molecule has 0 aliphatic rings. The van der Waals surface area contributed by atoms with E-state index >= 15 is 0 Å². The Bertz CT molecular complexity index is 587. The van der Waals surface area contributed by atoms with E-state index in [2.05, 4.69) is 10.6 Å². The number of amides is 2. The summed E-state index contributed by atoms with van der Waals surface area (Å²) in [5.41, 5.74) is 0.0647.